The fourth-order valence-corrected chi connectivity index (χ4v) is 5.66. The van der Waals surface area contributed by atoms with Gasteiger partial charge in [-0.1, -0.05) is 13.3 Å². The Labute approximate surface area is 183 Å². The van der Waals surface area contributed by atoms with E-state index in [1.54, 1.807) is 6.07 Å². The monoisotopic (exact) mass is 430 g/mol. The van der Waals surface area contributed by atoms with E-state index in [0.717, 1.165) is 25.8 Å². The van der Waals surface area contributed by atoms with Gasteiger partial charge in [0.15, 0.2) is 0 Å². The van der Waals surface area contributed by atoms with Crippen LogP contribution in [0.1, 0.15) is 62.2 Å². The van der Waals surface area contributed by atoms with Crippen LogP contribution in [0.3, 0.4) is 0 Å². The first kappa shape index (κ1) is 21.9. The van der Waals surface area contributed by atoms with Crippen LogP contribution in [-0.4, -0.2) is 77.4 Å². The third-order valence-corrected chi connectivity index (χ3v) is 7.45. The summed E-state index contributed by atoms with van der Waals surface area (Å²) in [5.41, 5.74) is -0.284. The first-order valence-corrected chi connectivity index (χ1v) is 11.6. The van der Waals surface area contributed by atoms with Crippen LogP contribution in [0.25, 0.3) is 0 Å². The highest BCUT2D eigenvalue weighted by Gasteiger charge is 2.55. The van der Waals surface area contributed by atoms with Crippen molar-refractivity contribution >= 4 is 17.8 Å². The zero-order valence-corrected chi connectivity index (χ0v) is 18.6. The number of amides is 4. The molecule has 0 aliphatic carbocycles. The van der Waals surface area contributed by atoms with E-state index in [2.05, 4.69) is 24.2 Å². The van der Waals surface area contributed by atoms with E-state index in [-0.39, 0.29) is 23.8 Å². The van der Waals surface area contributed by atoms with Gasteiger partial charge in [0, 0.05) is 25.7 Å². The molecule has 3 aliphatic heterocycles. The van der Waals surface area contributed by atoms with Gasteiger partial charge in [0.05, 0.1) is 11.8 Å². The topological polar surface area (TPSA) is 86.1 Å². The maximum atomic E-state index is 13.6. The van der Waals surface area contributed by atoms with Crippen molar-refractivity contribution in [2.45, 2.75) is 63.5 Å². The van der Waals surface area contributed by atoms with Crippen molar-refractivity contribution in [3.05, 3.63) is 24.2 Å². The lowest BCUT2D eigenvalue weighted by Gasteiger charge is -2.40. The van der Waals surface area contributed by atoms with Crippen molar-refractivity contribution in [3.8, 4) is 0 Å². The Morgan fingerprint density at radius 2 is 2.00 bits per heavy atom. The van der Waals surface area contributed by atoms with Gasteiger partial charge in [-0.25, -0.2) is 4.79 Å². The Morgan fingerprint density at radius 3 is 2.61 bits per heavy atom. The fourth-order valence-electron chi connectivity index (χ4n) is 5.66. The van der Waals surface area contributed by atoms with E-state index in [9.17, 15) is 14.4 Å². The molecule has 0 bridgehead atoms. The van der Waals surface area contributed by atoms with Gasteiger partial charge in [-0.3, -0.25) is 14.5 Å². The minimum Gasteiger partial charge on any atom is -0.472 e. The van der Waals surface area contributed by atoms with E-state index in [4.69, 9.17) is 4.42 Å². The van der Waals surface area contributed by atoms with Crippen LogP contribution in [0.2, 0.25) is 0 Å². The number of hydrogen-bond acceptors (Lipinski definition) is 5. The van der Waals surface area contributed by atoms with Crippen molar-refractivity contribution in [1.82, 2.24) is 20.0 Å². The van der Waals surface area contributed by atoms with E-state index in [1.165, 1.54) is 23.8 Å². The highest BCUT2D eigenvalue weighted by atomic mass is 16.3. The van der Waals surface area contributed by atoms with E-state index >= 15 is 0 Å². The second-order valence-electron chi connectivity index (χ2n) is 9.25. The Bertz CT molecular complexity index is 803. The van der Waals surface area contributed by atoms with Crippen LogP contribution >= 0.6 is 0 Å². The largest absolute Gasteiger partial charge is 0.472 e. The number of piperidine rings is 1. The molecule has 1 N–H and O–H groups in total. The molecule has 3 fully saturated rings. The molecular formula is C23H34N4O4. The van der Waals surface area contributed by atoms with Crippen LogP contribution in [0, 0.1) is 5.92 Å². The molecule has 4 amide bonds. The van der Waals surface area contributed by atoms with Crippen LogP contribution in [0.15, 0.2) is 23.0 Å². The van der Waals surface area contributed by atoms with Crippen molar-refractivity contribution in [2.75, 3.05) is 33.2 Å². The van der Waals surface area contributed by atoms with Crippen LogP contribution in [0.4, 0.5) is 4.79 Å². The molecule has 31 heavy (non-hydrogen) atoms. The van der Waals surface area contributed by atoms with Gasteiger partial charge in [-0.15, -0.1) is 0 Å². The Kier molecular flexibility index (Phi) is 6.36. The Hall–Kier alpha value is -2.35. The van der Waals surface area contributed by atoms with Crippen molar-refractivity contribution in [1.29, 1.82) is 0 Å². The molecular weight excluding hydrogens is 396 g/mol. The summed E-state index contributed by atoms with van der Waals surface area (Å²) in [6.07, 6.45) is 8.96. The lowest BCUT2D eigenvalue weighted by molar-refractivity contribution is -0.134. The predicted molar refractivity (Wildman–Crippen MR) is 115 cm³/mol. The first-order chi connectivity index (χ1) is 15.0. The third-order valence-electron chi connectivity index (χ3n) is 7.45. The van der Waals surface area contributed by atoms with Gasteiger partial charge < -0.3 is 19.5 Å². The molecule has 0 saturated carbocycles. The van der Waals surface area contributed by atoms with Crippen molar-refractivity contribution in [3.63, 3.8) is 0 Å². The summed E-state index contributed by atoms with van der Waals surface area (Å²) in [4.78, 5) is 44.6. The average molecular weight is 431 g/mol. The Morgan fingerprint density at radius 1 is 1.23 bits per heavy atom. The molecule has 4 rings (SSSR count). The maximum absolute atomic E-state index is 13.6. The van der Waals surface area contributed by atoms with Gasteiger partial charge in [-0.2, -0.15) is 0 Å². The standard InChI is InChI=1S/C23H34N4O4/c1-3-10-23(18-6-12-26(13-7-18)20(28)17-9-15-31-16-17)21(29)27(22(30)24-23)14-8-19-5-4-11-25(19)2/h9,15-16,18-19H,3-8,10-14H2,1-2H3,(H,24,30)/t19-,23-/m0/s1. The molecule has 8 heteroatoms. The highest BCUT2D eigenvalue weighted by molar-refractivity contribution is 6.07. The van der Waals surface area contributed by atoms with Crippen LogP contribution in [-0.2, 0) is 4.79 Å². The second-order valence-corrected chi connectivity index (χ2v) is 9.25. The number of carbonyl (C=O) groups excluding carboxylic acids is 3. The highest BCUT2D eigenvalue weighted by Crippen LogP contribution is 2.37. The third kappa shape index (κ3) is 4.10. The number of rotatable bonds is 7. The molecule has 1 aromatic rings. The predicted octanol–water partition coefficient (Wildman–Crippen LogP) is 2.71. The van der Waals surface area contributed by atoms with Gasteiger partial charge >= 0.3 is 6.03 Å². The number of hydrogen-bond donors (Lipinski definition) is 1. The summed E-state index contributed by atoms with van der Waals surface area (Å²) in [7, 11) is 2.11. The minimum atomic E-state index is -0.835. The lowest BCUT2D eigenvalue weighted by Crippen LogP contribution is -2.56. The normalized spacial score (nSPS) is 27.9. The zero-order valence-electron chi connectivity index (χ0n) is 18.6. The van der Waals surface area contributed by atoms with Gasteiger partial charge in [0.25, 0.3) is 11.8 Å². The molecule has 8 nitrogen and oxygen atoms in total. The maximum Gasteiger partial charge on any atom is 0.325 e. The van der Waals surface area contributed by atoms with E-state index in [1.807, 2.05) is 4.90 Å². The van der Waals surface area contributed by atoms with Crippen molar-refractivity contribution in [2.24, 2.45) is 5.92 Å². The second kappa shape index (κ2) is 9.02. The van der Waals surface area contributed by atoms with Crippen LogP contribution < -0.4 is 5.32 Å². The van der Waals surface area contributed by atoms with Gasteiger partial charge in [0.1, 0.15) is 11.8 Å². The number of urea groups is 1. The molecule has 4 heterocycles. The molecule has 0 unspecified atom stereocenters. The first-order valence-electron chi connectivity index (χ1n) is 11.6. The van der Waals surface area contributed by atoms with E-state index in [0.29, 0.717) is 50.5 Å². The number of likely N-dealkylation sites (tertiary alicyclic amines) is 2. The summed E-state index contributed by atoms with van der Waals surface area (Å²) in [5, 5.41) is 3.10. The summed E-state index contributed by atoms with van der Waals surface area (Å²) in [6, 6.07) is 1.86. The number of imide groups is 1. The summed E-state index contributed by atoms with van der Waals surface area (Å²) >= 11 is 0. The van der Waals surface area contributed by atoms with Gasteiger partial charge in [0.2, 0.25) is 0 Å². The SMILES string of the molecule is CCC[C@@]1(C2CCN(C(=O)c3ccoc3)CC2)NC(=O)N(CC[C@@H]2CCCN2C)C1=O. The summed E-state index contributed by atoms with van der Waals surface area (Å²) in [5.74, 6) is -0.0723. The molecule has 3 aliphatic rings. The molecule has 0 aromatic carbocycles. The summed E-state index contributed by atoms with van der Waals surface area (Å²) in [6.45, 7) is 4.77. The molecule has 1 aromatic heterocycles. The fraction of sp³-hybridized carbons (Fsp3) is 0.696. The number of nitrogens with one attached hydrogen (secondary N) is 1. The van der Waals surface area contributed by atoms with Crippen molar-refractivity contribution < 1.29 is 18.8 Å². The van der Waals surface area contributed by atoms with Gasteiger partial charge in [-0.05, 0) is 64.1 Å². The quantitative estimate of drug-likeness (QED) is 0.672. The molecule has 0 radical (unpaired) electrons. The van der Waals surface area contributed by atoms with Crippen LogP contribution in [0.5, 0.6) is 0 Å². The molecule has 3 saturated heterocycles. The number of nitrogens with zero attached hydrogens (tertiary/aromatic N) is 3. The molecule has 0 spiro atoms. The average Bonchev–Trinajstić information content (AvgIpc) is 3.49. The van der Waals surface area contributed by atoms with E-state index < -0.39 is 5.54 Å². The number of furan rings is 1. The number of carbonyl (C=O) groups is 3. The molecule has 170 valence electrons. The Balaban J connectivity index is 1.42. The smallest absolute Gasteiger partial charge is 0.325 e. The molecule has 2 atom stereocenters. The lowest BCUT2D eigenvalue weighted by atomic mass is 9.74. The summed E-state index contributed by atoms with van der Waals surface area (Å²) < 4.78 is 5.03. The minimum absolute atomic E-state index is 0.0384. The zero-order chi connectivity index (χ0) is 22.0.